The molecule has 0 spiro atoms. The second-order valence-corrected chi connectivity index (χ2v) is 10.9. The van der Waals surface area contributed by atoms with Crippen molar-refractivity contribution in [2.45, 2.75) is 46.0 Å². The van der Waals surface area contributed by atoms with Gasteiger partial charge < -0.3 is 4.74 Å². The lowest BCUT2D eigenvalue weighted by Gasteiger charge is -2.28. The van der Waals surface area contributed by atoms with Gasteiger partial charge in [0.15, 0.2) is 14.7 Å². The van der Waals surface area contributed by atoms with Crippen molar-refractivity contribution < 1.29 is 9.53 Å². The van der Waals surface area contributed by atoms with Gasteiger partial charge in [-0.3, -0.25) is 0 Å². The van der Waals surface area contributed by atoms with E-state index in [0.717, 1.165) is 31.2 Å². The molecule has 1 saturated carbocycles. The summed E-state index contributed by atoms with van der Waals surface area (Å²) < 4.78 is 6.17. The third-order valence-corrected chi connectivity index (χ3v) is 8.94. The first-order valence-corrected chi connectivity index (χ1v) is 13.1. The minimum absolute atomic E-state index is 0.223. The predicted octanol–water partition coefficient (Wildman–Crippen LogP) is 7.47. The van der Waals surface area contributed by atoms with Gasteiger partial charge in [-0.1, -0.05) is 36.4 Å². The first-order chi connectivity index (χ1) is 15.8. The van der Waals surface area contributed by atoms with Crippen LogP contribution in [0.5, 0.6) is 0 Å². The molecule has 1 aromatic heterocycles. The third kappa shape index (κ3) is 4.25. The highest BCUT2D eigenvalue weighted by atomic mass is 32.2. The van der Waals surface area contributed by atoms with Crippen molar-refractivity contribution in [1.82, 2.24) is 0 Å². The standard InChI is InChI=1S/C28H25O2S2/c29-27(30-28(18-7-8-19-28)23-17-20-31-21-23)22-13-15-26(16-14-22)32(24-9-3-1-4-10-24)25-11-5-2-6-12-25/h1-6,9-17,20-21H,7-8,18-19H2/q+1. The van der Waals surface area contributed by atoms with Crippen molar-refractivity contribution >= 4 is 28.2 Å². The van der Waals surface area contributed by atoms with Gasteiger partial charge in [-0.25, -0.2) is 4.79 Å². The predicted molar refractivity (Wildman–Crippen MR) is 131 cm³/mol. The average molecular weight is 458 g/mol. The van der Waals surface area contributed by atoms with E-state index in [2.05, 4.69) is 77.5 Å². The molecular formula is C28H25O2S2+. The molecule has 0 atom stereocenters. The quantitative estimate of drug-likeness (QED) is 0.222. The number of benzene rings is 3. The first kappa shape index (κ1) is 21.0. The molecule has 0 radical (unpaired) electrons. The van der Waals surface area contributed by atoms with Crippen molar-refractivity contribution in [3.8, 4) is 0 Å². The molecule has 1 heterocycles. The van der Waals surface area contributed by atoms with Gasteiger partial charge in [0.05, 0.1) is 16.5 Å². The summed E-state index contributed by atoms with van der Waals surface area (Å²) in [6, 6.07) is 31.2. The van der Waals surface area contributed by atoms with Gasteiger partial charge in [-0.2, -0.15) is 11.3 Å². The summed E-state index contributed by atoms with van der Waals surface area (Å²) in [5.74, 6) is -0.232. The molecule has 0 unspecified atom stereocenters. The number of ether oxygens (including phenoxy) is 1. The van der Waals surface area contributed by atoms with Crippen LogP contribution < -0.4 is 0 Å². The monoisotopic (exact) mass is 457 g/mol. The lowest BCUT2D eigenvalue weighted by atomic mass is 9.94. The van der Waals surface area contributed by atoms with E-state index in [4.69, 9.17) is 4.74 Å². The molecule has 0 aliphatic heterocycles. The van der Waals surface area contributed by atoms with Gasteiger partial charge in [0.1, 0.15) is 5.60 Å². The van der Waals surface area contributed by atoms with Crippen molar-refractivity contribution in [2.75, 3.05) is 0 Å². The zero-order valence-corrected chi connectivity index (χ0v) is 19.4. The smallest absolute Gasteiger partial charge is 0.339 e. The molecule has 2 nitrogen and oxygen atoms in total. The Bertz CT molecular complexity index is 1110. The number of hydrogen-bond donors (Lipinski definition) is 0. The van der Waals surface area contributed by atoms with E-state index in [9.17, 15) is 4.79 Å². The van der Waals surface area contributed by atoms with E-state index < -0.39 is 5.60 Å². The van der Waals surface area contributed by atoms with E-state index in [1.54, 1.807) is 11.3 Å². The van der Waals surface area contributed by atoms with E-state index in [0.29, 0.717) is 5.56 Å². The van der Waals surface area contributed by atoms with Crippen LogP contribution >= 0.6 is 11.3 Å². The molecule has 160 valence electrons. The summed E-state index contributed by atoms with van der Waals surface area (Å²) in [5.41, 5.74) is 1.29. The van der Waals surface area contributed by atoms with Crippen LogP contribution in [-0.4, -0.2) is 5.97 Å². The van der Waals surface area contributed by atoms with Gasteiger partial charge in [-0.05, 0) is 91.0 Å². The van der Waals surface area contributed by atoms with Crippen molar-refractivity contribution in [1.29, 1.82) is 0 Å². The van der Waals surface area contributed by atoms with E-state index in [1.807, 2.05) is 24.3 Å². The highest BCUT2D eigenvalue weighted by Crippen LogP contribution is 2.43. The maximum atomic E-state index is 13.1. The Morgan fingerprint density at radius 3 is 1.84 bits per heavy atom. The largest absolute Gasteiger partial charge is 0.451 e. The number of hydrogen-bond acceptors (Lipinski definition) is 3. The third-order valence-electron chi connectivity index (χ3n) is 6.03. The zero-order valence-electron chi connectivity index (χ0n) is 17.8. The molecule has 1 aliphatic rings. The van der Waals surface area contributed by atoms with Crippen LogP contribution in [0.3, 0.4) is 0 Å². The topological polar surface area (TPSA) is 26.3 Å². The van der Waals surface area contributed by atoms with Crippen LogP contribution in [0, 0.1) is 0 Å². The number of rotatable bonds is 6. The summed E-state index contributed by atoms with van der Waals surface area (Å²) in [5, 5.41) is 4.18. The Morgan fingerprint density at radius 2 is 1.31 bits per heavy atom. The molecule has 1 aliphatic carbocycles. The number of thiophene rings is 1. The molecule has 4 aromatic rings. The maximum Gasteiger partial charge on any atom is 0.339 e. The molecule has 0 amide bonds. The molecular weight excluding hydrogens is 432 g/mol. The van der Waals surface area contributed by atoms with Crippen molar-refractivity contribution in [3.63, 3.8) is 0 Å². The molecule has 3 aromatic carbocycles. The van der Waals surface area contributed by atoms with Crippen LogP contribution in [0.1, 0.15) is 41.6 Å². The van der Waals surface area contributed by atoms with Crippen LogP contribution in [0.15, 0.2) is 116 Å². The highest BCUT2D eigenvalue weighted by molar-refractivity contribution is 7.97. The molecule has 0 saturated heterocycles. The lowest BCUT2D eigenvalue weighted by molar-refractivity contribution is -0.0181. The normalized spacial score (nSPS) is 15.0. The van der Waals surface area contributed by atoms with Gasteiger partial charge >= 0.3 is 5.97 Å². The maximum absolute atomic E-state index is 13.1. The number of carbonyl (C=O) groups excluding carboxylic acids is 1. The van der Waals surface area contributed by atoms with Crippen molar-refractivity contribution in [2.24, 2.45) is 0 Å². The summed E-state index contributed by atoms with van der Waals surface area (Å²) in [7, 11) is -0.223. The van der Waals surface area contributed by atoms with E-state index in [1.165, 1.54) is 14.7 Å². The zero-order chi connectivity index (χ0) is 21.8. The van der Waals surface area contributed by atoms with Gasteiger partial charge in [0, 0.05) is 5.56 Å². The fraction of sp³-hybridized carbons (Fsp3) is 0.179. The number of esters is 1. The molecule has 5 rings (SSSR count). The fourth-order valence-electron chi connectivity index (χ4n) is 4.40. The highest BCUT2D eigenvalue weighted by Gasteiger charge is 2.40. The Hall–Kier alpha value is -2.82. The van der Waals surface area contributed by atoms with Crippen LogP contribution in [0.4, 0.5) is 0 Å². The molecule has 0 N–H and O–H groups in total. The van der Waals surface area contributed by atoms with Crippen LogP contribution in [0.2, 0.25) is 0 Å². The van der Waals surface area contributed by atoms with Gasteiger partial charge in [0.25, 0.3) is 0 Å². The van der Waals surface area contributed by atoms with Crippen LogP contribution in [-0.2, 0) is 21.2 Å². The summed E-state index contributed by atoms with van der Waals surface area (Å²) in [6.45, 7) is 0. The first-order valence-electron chi connectivity index (χ1n) is 11.0. The summed E-state index contributed by atoms with van der Waals surface area (Å²) >= 11 is 1.66. The van der Waals surface area contributed by atoms with Gasteiger partial charge in [-0.15, -0.1) is 0 Å². The molecule has 0 bridgehead atoms. The SMILES string of the molecule is O=C(OC1(c2ccsc2)CCCC1)c1ccc([S+](c2ccccc2)c2ccccc2)cc1. The summed E-state index contributed by atoms with van der Waals surface area (Å²) in [6.07, 6.45) is 4.00. The van der Waals surface area contributed by atoms with Crippen LogP contribution in [0.25, 0.3) is 0 Å². The second kappa shape index (κ2) is 9.35. The lowest BCUT2D eigenvalue weighted by Crippen LogP contribution is -2.29. The summed E-state index contributed by atoms with van der Waals surface area (Å²) in [4.78, 5) is 16.8. The van der Waals surface area contributed by atoms with E-state index in [-0.39, 0.29) is 16.9 Å². The minimum atomic E-state index is -0.464. The Balaban J connectivity index is 1.42. The molecule has 32 heavy (non-hydrogen) atoms. The van der Waals surface area contributed by atoms with E-state index >= 15 is 0 Å². The Labute approximate surface area is 196 Å². The Kier molecular flexibility index (Phi) is 6.15. The number of carbonyl (C=O) groups is 1. The fourth-order valence-corrected chi connectivity index (χ4v) is 7.23. The second-order valence-electron chi connectivity index (χ2n) is 8.06. The van der Waals surface area contributed by atoms with Gasteiger partial charge in [0.2, 0.25) is 0 Å². The average Bonchev–Trinajstić information content (AvgIpc) is 3.54. The Morgan fingerprint density at radius 1 is 0.750 bits per heavy atom. The molecule has 1 fully saturated rings. The minimum Gasteiger partial charge on any atom is -0.451 e. The molecule has 4 heteroatoms. The van der Waals surface area contributed by atoms with Crippen molar-refractivity contribution in [3.05, 3.63) is 113 Å².